The van der Waals surface area contributed by atoms with Crippen LogP contribution < -0.4 is 10.6 Å². The van der Waals surface area contributed by atoms with E-state index in [1.807, 2.05) is 30.5 Å². The zero-order valence-corrected chi connectivity index (χ0v) is 20.4. The van der Waals surface area contributed by atoms with Gasteiger partial charge >= 0.3 is 0 Å². The Labute approximate surface area is 209 Å². The molecule has 1 aliphatic carbocycles. The van der Waals surface area contributed by atoms with Gasteiger partial charge in [-0.1, -0.05) is 19.1 Å². The summed E-state index contributed by atoms with van der Waals surface area (Å²) in [5.74, 6) is -1.07. The van der Waals surface area contributed by atoms with Crippen molar-refractivity contribution in [1.82, 2.24) is 4.98 Å². The molecule has 0 bridgehead atoms. The van der Waals surface area contributed by atoms with E-state index < -0.39 is 5.41 Å². The average Bonchev–Trinajstić information content (AvgIpc) is 3.69. The summed E-state index contributed by atoms with van der Waals surface area (Å²) in [5.41, 5.74) is 5.94. The van der Waals surface area contributed by atoms with Crippen molar-refractivity contribution in [3.63, 3.8) is 0 Å². The maximum absolute atomic E-state index is 13.1. The number of hydrogen-bond acceptors (Lipinski definition) is 3. The van der Waals surface area contributed by atoms with Gasteiger partial charge in [-0.2, -0.15) is 0 Å². The molecule has 182 valence electrons. The Morgan fingerprint density at radius 1 is 0.889 bits per heavy atom. The first kappa shape index (κ1) is 23.7. The Morgan fingerprint density at radius 3 is 2.08 bits per heavy atom. The zero-order valence-electron chi connectivity index (χ0n) is 20.4. The van der Waals surface area contributed by atoms with E-state index in [-0.39, 0.29) is 17.6 Å². The highest BCUT2D eigenvalue weighted by Crippen LogP contribution is 2.47. The lowest BCUT2D eigenvalue weighted by atomic mass is 9.97. The highest BCUT2D eigenvalue weighted by molar-refractivity contribution is 6.16. The molecule has 2 N–H and O–H groups in total. The van der Waals surface area contributed by atoms with Crippen LogP contribution in [0.15, 0.2) is 72.9 Å². The van der Waals surface area contributed by atoms with Crippen LogP contribution in [0.25, 0.3) is 10.9 Å². The number of pyridine rings is 1. The van der Waals surface area contributed by atoms with Crippen LogP contribution in [0.5, 0.6) is 0 Å². The number of carbonyl (C=O) groups is 2. The number of anilines is 2. The number of hydrogen-bond donors (Lipinski definition) is 2. The summed E-state index contributed by atoms with van der Waals surface area (Å²) in [7, 11) is 0. The van der Waals surface area contributed by atoms with Gasteiger partial charge in [-0.25, -0.2) is 4.39 Å². The number of aromatic nitrogens is 1. The van der Waals surface area contributed by atoms with Gasteiger partial charge in [-0.05, 0) is 109 Å². The highest BCUT2D eigenvalue weighted by atomic mass is 19.1. The number of benzene rings is 3. The first-order chi connectivity index (χ1) is 17.4. The Hall–Kier alpha value is -4.06. The molecule has 0 saturated heterocycles. The van der Waals surface area contributed by atoms with Crippen molar-refractivity contribution >= 4 is 34.1 Å². The molecule has 1 saturated carbocycles. The van der Waals surface area contributed by atoms with Crippen LogP contribution in [0.3, 0.4) is 0 Å². The lowest BCUT2D eigenvalue weighted by Crippen LogP contribution is -2.35. The minimum atomic E-state index is -1.09. The molecule has 0 aliphatic heterocycles. The number of aryl methyl sites for hydroxylation is 2. The zero-order chi connectivity index (χ0) is 25.3. The van der Waals surface area contributed by atoms with Gasteiger partial charge in [0, 0.05) is 23.0 Å². The predicted molar refractivity (Wildman–Crippen MR) is 140 cm³/mol. The molecule has 6 heteroatoms. The van der Waals surface area contributed by atoms with Crippen molar-refractivity contribution < 1.29 is 14.0 Å². The lowest BCUT2D eigenvalue weighted by Gasteiger charge is -2.16. The van der Waals surface area contributed by atoms with Crippen LogP contribution >= 0.6 is 0 Å². The van der Waals surface area contributed by atoms with Gasteiger partial charge in [-0.15, -0.1) is 0 Å². The third kappa shape index (κ3) is 4.71. The number of fused-ring (bicyclic) bond motifs is 1. The Bertz CT molecular complexity index is 1440. The summed E-state index contributed by atoms with van der Waals surface area (Å²) in [6, 6.07) is 19.7. The van der Waals surface area contributed by atoms with Crippen molar-refractivity contribution in [2.45, 2.75) is 39.5 Å². The molecular weight excluding hydrogens is 453 g/mol. The standard InChI is InChI=1S/C30H28FN3O2/c1-3-21-18-27-26(16-19(21)2)22(12-15-32-27)17-20-4-8-24(9-5-20)33-28(35)30(13-14-30)29(36)34-25-10-6-23(31)7-11-25/h4-12,15-16,18H,3,13-14,17H2,1-2H3,(H,33,35)(H,34,36). The van der Waals surface area contributed by atoms with Crippen molar-refractivity contribution in [1.29, 1.82) is 0 Å². The van der Waals surface area contributed by atoms with E-state index in [4.69, 9.17) is 0 Å². The van der Waals surface area contributed by atoms with Gasteiger partial charge in [0.1, 0.15) is 11.2 Å². The van der Waals surface area contributed by atoms with Crippen LogP contribution in [-0.4, -0.2) is 16.8 Å². The van der Waals surface area contributed by atoms with E-state index in [0.29, 0.717) is 24.2 Å². The molecule has 1 aliphatic rings. The molecule has 0 radical (unpaired) electrons. The smallest absolute Gasteiger partial charge is 0.240 e. The summed E-state index contributed by atoms with van der Waals surface area (Å²) < 4.78 is 13.1. The summed E-state index contributed by atoms with van der Waals surface area (Å²) >= 11 is 0. The minimum absolute atomic E-state index is 0.322. The molecule has 0 atom stereocenters. The predicted octanol–water partition coefficient (Wildman–Crippen LogP) is 6.19. The molecule has 0 spiro atoms. The van der Waals surface area contributed by atoms with E-state index in [0.717, 1.165) is 29.3 Å². The van der Waals surface area contributed by atoms with E-state index in [1.165, 1.54) is 41.0 Å². The fraction of sp³-hybridized carbons (Fsp3) is 0.233. The first-order valence-electron chi connectivity index (χ1n) is 12.2. The van der Waals surface area contributed by atoms with E-state index in [2.05, 4.69) is 47.7 Å². The van der Waals surface area contributed by atoms with Crippen LogP contribution in [0.4, 0.5) is 15.8 Å². The van der Waals surface area contributed by atoms with E-state index >= 15 is 0 Å². The van der Waals surface area contributed by atoms with Gasteiger partial charge < -0.3 is 10.6 Å². The largest absolute Gasteiger partial charge is 0.325 e. The molecule has 0 unspecified atom stereocenters. The number of nitrogens with zero attached hydrogens (tertiary/aromatic N) is 1. The molecule has 1 heterocycles. The summed E-state index contributed by atoms with van der Waals surface area (Å²) in [6.07, 6.45) is 4.56. The van der Waals surface area contributed by atoms with Gasteiger partial charge in [0.25, 0.3) is 0 Å². The third-order valence-electron chi connectivity index (χ3n) is 7.00. The van der Waals surface area contributed by atoms with Crippen LogP contribution in [0.1, 0.15) is 42.0 Å². The first-order valence-corrected chi connectivity index (χ1v) is 12.2. The number of halogens is 1. The van der Waals surface area contributed by atoms with Crippen molar-refractivity contribution in [3.05, 3.63) is 101 Å². The van der Waals surface area contributed by atoms with E-state index in [1.54, 1.807) is 0 Å². The molecule has 3 aromatic carbocycles. The molecule has 1 fully saturated rings. The second-order valence-corrected chi connectivity index (χ2v) is 9.49. The maximum atomic E-state index is 13.1. The molecular formula is C30H28FN3O2. The number of rotatable bonds is 7. The van der Waals surface area contributed by atoms with Gasteiger partial charge in [0.2, 0.25) is 11.8 Å². The topological polar surface area (TPSA) is 71.1 Å². The SMILES string of the molecule is CCc1cc2nccc(Cc3ccc(NC(=O)C4(C(=O)Nc5ccc(F)cc5)CC4)cc3)c2cc1C. The van der Waals surface area contributed by atoms with Gasteiger partial charge in [0.05, 0.1) is 5.52 Å². The van der Waals surface area contributed by atoms with Crippen molar-refractivity contribution in [2.24, 2.45) is 5.41 Å². The van der Waals surface area contributed by atoms with Crippen LogP contribution in [0, 0.1) is 18.2 Å². The monoisotopic (exact) mass is 481 g/mol. The quantitative estimate of drug-likeness (QED) is 0.309. The molecule has 5 nitrogen and oxygen atoms in total. The number of carbonyl (C=O) groups excluding carboxylic acids is 2. The fourth-order valence-corrected chi connectivity index (χ4v) is 4.58. The summed E-state index contributed by atoms with van der Waals surface area (Å²) in [5, 5.41) is 6.78. The molecule has 4 aromatic rings. The molecule has 5 rings (SSSR count). The highest BCUT2D eigenvalue weighted by Gasteiger charge is 2.56. The minimum Gasteiger partial charge on any atom is -0.325 e. The molecule has 36 heavy (non-hydrogen) atoms. The van der Waals surface area contributed by atoms with E-state index in [9.17, 15) is 14.0 Å². The van der Waals surface area contributed by atoms with Crippen LogP contribution in [0.2, 0.25) is 0 Å². The summed E-state index contributed by atoms with van der Waals surface area (Å²) in [4.78, 5) is 30.3. The second-order valence-electron chi connectivity index (χ2n) is 9.49. The van der Waals surface area contributed by atoms with Gasteiger partial charge in [0.15, 0.2) is 0 Å². The second kappa shape index (κ2) is 9.53. The van der Waals surface area contributed by atoms with Crippen molar-refractivity contribution in [3.8, 4) is 0 Å². The lowest BCUT2D eigenvalue weighted by molar-refractivity contribution is -0.131. The summed E-state index contributed by atoms with van der Waals surface area (Å²) in [6.45, 7) is 4.29. The Morgan fingerprint density at radius 2 is 1.50 bits per heavy atom. The molecule has 2 amide bonds. The fourth-order valence-electron chi connectivity index (χ4n) is 4.58. The Kier molecular flexibility index (Phi) is 6.27. The maximum Gasteiger partial charge on any atom is 0.240 e. The van der Waals surface area contributed by atoms with Gasteiger partial charge in [-0.3, -0.25) is 14.6 Å². The molecule has 1 aromatic heterocycles. The van der Waals surface area contributed by atoms with Crippen LogP contribution in [-0.2, 0) is 22.4 Å². The van der Waals surface area contributed by atoms with Crippen molar-refractivity contribution in [2.75, 3.05) is 10.6 Å². The third-order valence-corrected chi connectivity index (χ3v) is 7.00. The average molecular weight is 482 g/mol. The normalized spacial score (nSPS) is 13.9. The Balaban J connectivity index is 1.26. The number of nitrogens with one attached hydrogen (secondary N) is 2. The number of amides is 2.